The van der Waals surface area contributed by atoms with E-state index in [0.717, 1.165) is 18.4 Å². The summed E-state index contributed by atoms with van der Waals surface area (Å²) >= 11 is 0. The van der Waals surface area contributed by atoms with Crippen molar-refractivity contribution in [2.24, 2.45) is 0 Å². The van der Waals surface area contributed by atoms with Crippen LogP contribution in [-0.2, 0) is 11.3 Å². The van der Waals surface area contributed by atoms with E-state index < -0.39 is 4.92 Å². The second-order valence-corrected chi connectivity index (χ2v) is 4.77. The van der Waals surface area contributed by atoms with Crippen LogP contribution in [0.2, 0.25) is 0 Å². The zero-order valence-corrected chi connectivity index (χ0v) is 10.8. The molecule has 0 saturated heterocycles. The first-order chi connectivity index (χ1) is 9.08. The number of benzene rings is 1. The van der Waals surface area contributed by atoms with Crippen molar-refractivity contribution in [3.63, 3.8) is 0 Å². The van der Waals surface area contributed by atoms with Gasteiger partial charge in [0.15, 0.2) is 0 Å². The standard InChI is InChI=1S/C13H17N3O3/c1-15(11-5-6-11)13(17)9-14-8-10-3-2-4-12(7-10)16(18)19/h2-4,7,11,14H,5-6,8-9H2,1H3. The van der Waals surface area contributed by atoms with Crippen LogP contribution in [0.1, 0.15) is 18.4 Å². The predicted octanol–water partition coefficient (Wildman–Crippen LogP) is 1.31. The van der Waals surface area contributed by atoms with Crippen molar-refractivity contribution in [3.05, 3.63) is 39.9 Å². The topological polar surface area (TPSA) is 75.5 Å². The molecule has 0 atom stereocenters. The van der Waals surface area contributed by atoms with Gasteiger partial charge in [-0.25, -0.2) is 0 Å². The molecule has 0 radical (unpaired) electrons. The Bertz CT molecular complexity index is 486. The summed E-state index contributed by atoms with van der Waals surface area (Å²) in [5.74, 6) is 0.0629. The van der Waals surface area contributed by atoms with Gasteiger partial charge < -0.3 is 10.2 Å². The van der Waals surface area contributed by atoms with Crippen LogP contribution in [0, 0.1) is 10.1 Å². The number of carbonyl (C=O) groups excluding carboxylic acids is 1. The number of rotatable bonds is 6. The largest absolute Gasteiger partial charge is 0.342 e. The van der Waals surface area contributed by atoms with E-state index >= 15 is 0 Å². The number of amides is 1. The number of nitro benzene ring substituents is 1. The molecule has 6 nitrogen and oxygen atoms in total. The van der Waals surface area contributed by atoms with Crippen LogP contribution < -0.4 is 5.32 Å². The van der Waals surface area contributed by atoms with Gasteiger partial charge in [-0.3, -0.25) is 14.9 Å². The minimum atomic E-state index is -0.421. The van der Waals surface area contributed by atoms with Gasteiger partial charge >= 0.3 is 0 Å². The SMILES string of the molecule is CN(C(=O)CNCc1cccc([N+](=O)[O-])c1)C1CC1. The Labute approximate surface area is 111 Å². The minimum Gasteiger partial charge on any atom is -0.342 e. The predicted molar refractivity (Wildman–Crippen MR) is 70.6 cm³/mol. The molecule has 1 N–H and O–H groups in total. The number of hydrogen-bond acceptors (Lipinski definition) is 4. The third kappa shape index (κ3) is 3.75. The third-order valence-electron chi connectivity index (χ3n) is 3.21. The second-order valence-electron chi connectivity index (χ2n) is 4.77. The highest BCUT2D eigenvalue weighted by Gasteiger charge is 2.28. The van der Waals surface area contributed by atoms with Crippen molar-refractivity contribution in [1.82, 2.24) is 10.2 Å². The van der Waals surface area contributed by atoms with Crippen molar-refractivity contribution < 1.29 is 9.72 Å². The van der Waals surface area contributed by atoms with Gasteiger partial charge in [-0.15, -0.1) is 0 Å². The fourth-order valence-corrected chi connectivity index (χ4v) is 1.88. The highest BCUT2D eigenvalue weighted by Crippen LogP contribution is 2.25. The third-order valence-corrected chi connectivity index (χ3v) is 3.21. The van der Waals surface area contributed by atoms with Crippen LogP contribution in [-0.4, -0.2) is 35.4 Å². The van der Waals surface area contributed by atoms with Crippen LogP contribution in [0.4, 0.5) is 5.69 Å². The average Bonchev–Trinajstić information content (AvgIpc) is 3.22. The summed E-state index contributed by atoms with van der Waals surface area (Å²) in [6.07, 6.45) is 2.18. The lowest BCUT2D eigenvalue weighted by Crippen LogP contribution is -2.36. The molecule has 0 unspecified atom stereocenters. The summed E-state index contributed by atoms with van der Waals surface area (Å²) in [4.78, 5) is 23.7. The Morgan fingerprint density at radius 2 is 2.26 bits per heavy atom. The van der Waals surface area contributed by atoms with Gasteiger partial charge in [0.2, 0.25) is 5.91 Å². The fraction of sp³-hybridized carbons (Fsp3) is 0.462. The lowest BCUT2D eigenvalue weighted by Gasteiger charge is -2.16. The number of nitrogens with zero attached hydrogens (tertiary/aromatic N) is 2. The Balaban J connectivity index is 1.80. The van der Waals surface area contributed by atoms with Crippen LogP contribution in [0.5, 0.6) is 0 Å². The number of nitro groups is 1. The first-order valence-electron chi connectivity index (χ1n) is 6.27. The lowest BCUT2D eigenvalue weighted by molar-refractivity contribution is -0.384. The second kappa shape index (κ2) is 5.79. The summed E-state index contributed by atoms with van der Waals surface area (Å²) in [6.45, 7) is 0.710. The summed E-state index contributed by atoms with van der Waals surface area (Å²) in [5.41, 5.74) is 0.872. The summed E-state index contributed by atoms with van der Waals surface area (Å²) < 4.78 is 0. The van der Waals surface area contributed by atoms with Crippen LogP contribution in [0.15, 0.2) is 24.3 Å². The molecule has 0 spiro atoms. The molecule has 1 aliphatic rings. The molecular weight excluding hydrogens is 246 g/mol. The average molecular weight is 263 g/mol. The number of carbonyl (C=O) groups is 1. The van der Waals surface area contributed by atoms with E-state index in [1.807, 2.05) is 7.05 Å². The first kappa shape index (κ1) is 13.5. The van der Waals surface area contributed by atoms with E-state index in [4.69, 9.17) is 0 Å². The number of likely N-dealkylation sites (N-methyl/N-ethyl adjacent to an activating group) is 1. The molecule has 102 valence electrons. The normalized spacial score (nSPS) is 14.2. The highest BCUT2D eigenvalue weighted by atomic mass is 16.6. The highest BCUT2D eigenvalue weighted by molar-refractivity contribution is 5.78. The van der Waals surface area contributed by atoms with Crippen molar-refractivity contribution in [3.8, 4) is 0 Å². The zero-order valence-electron chi connectivity index (χ0n) is 10.8. The minimum absolute atomic E-state index is 0.0629. The van der Waals surface area contributed by atoms with Crippen LogP contribution in [0.25, 0.3) is 0 Å². The van der Waals surface area contributed by atoms with Gasteiger partial charge in [0.1, 0.15) is 0 Å². The van der Waals surface area contributed by atoms with Crippen LogP contribution in [0.3, 0.4) is 0 Å². The molecule has 19 heavy (non-hydrogen) atoms. The lowest BCUT2D eigenvalue weighted by atomic mass is 10.2. The van der Waals surface area contributed by atoms with E-state index in [1.54, 1.807) is 17.0 Å². The van der Waals surface area contributed by atoms with E-state index in [1.165, 1.54) is 12.1 Å². The number of nitrogens with one attached hydrogen (secondary N) is 1. The molecule has 2 rings (SSSR count). The Hall–Kier alpha value is -1.95. The van der Waals surface area contributed by atoms with Gasteiger partial charge in [-0.1, -0.05) is 12.1 Å². The van der Waals surface area contributed by atoms with Crippen molar-refractivity contribution >= 4 is 11.6 Å². The smallest absolute Gasteiger partial charge is 0.269 e. The maximum absolute atomic E-state index is 11.7. The quantitative estimate of drug-likeness (QED) is 0.620. The molecular formula is C13H17N3O3. The molecule has 0 aliphatic heterocycles. The monoisotopic (exact) mass is 263 g/mol. The Morgan fingerprint density at radius 1 is 1.53 bits per heavy atom. The van der Waals surface area contributed by atoms with E-state index in [-0.39, 0.29) is 18.1 Å². The van der Waals surface area contributed by atoms with Crippen LogP contribution >= 0.6 is 0 Å². The Morgan fingerprint density at radius 3 is 2.89 bits per heavy atom. The molecule has 1 saturated carbocycles. The van der Waals surface area contributed by atoms with Gasteiger partial charge in [0.05, 0.1) is 11.5 Å². The van der Waals surface area contributed by atoms with Gasteiger partial charge in [-0.05, 0) is 18.4 Å². The summed E-state index contributed by atoms with van der Waals surface area (Å²) in [6, 6.07) is 6.83. The summed E-state index contributed by atoms with van der Waals surface area (Å²) in [5, 5.41) is 13.6. The van der Waals surface area contributed by atoms with Gasteiger partial charge in [0.25, 0.3) is 5.69 Å². The molecule has 1 aromatic rings. The molecule has 0 bridgehead atoms. The van der Waals surface area contributed by atoms with Crippen molar-refractivity contribution in [2.75, 3.05) is 13.6 Å². The van der Waals surface area contributed by atoms with Crippen molar-refractivity contribution in [1.29, 1.82) is 0 Å². The van der Waals surface area contributed by atoms with E-state index in [0.29, 0.717) is 12.6 Å². The first-order valence-corrected chi connectivity index (χ1v) is 6.27. The maximum Gasteiger partial charge on any atom is 0.269 e. The number of hydrogen-bond donors (Lipinski definition) is 1. The molecule has 1 aliphatic carbocycles. The van der Waals surface area contributed by atoms with E-state index in [9.17, 15) is 14.9 Å². The fourth-order valence-electron chi connectivity index (χ4n) is 1.88. The van der Waals surface area contributed by atoms with Gasteiger partial charge in [0, 0.05) is 31.8 Å². The molecule has 1 fully saturated rings. The number of non-ortho nitro benzene ring substituents is 1. The maximum atomic E-state index is 11.7. The summed E-state index contributed by atoms with van der Waals surface area (Å²) in [7, 11) is 1.81. The molecule has 6 heteroatoms. The molecule has 0 aromatic heterocycles. The molecule has 0 heterocycles. The zero-order chi connectivity index (χ0) is 13.8. The molecule has 1 amide bonds. The molecule has 1 aromatic carbocycles. The van der Waals surface area contributed by atoms with E-state index in [2.05, 4.69) is 5.32 Å². The van der Waals surface area contributed by atoms with Gasteiger partial charge in [-0.2, -0.15) is 0 Å². The Kier molecular flexibility index (Phi) is 4.11. The van der Waals surface area contributed by atoms with Crippen molar-refractivity contribution in [2.45, 2.75) is 25.4 Å².